The summed E-state index contributed by atoms with van der Waals surface area (Å²) in [6, 6.07) is 7.85. The van der Waals surface area contributed by atoms with Crippen LogP contribution >= 0.6 is 0 Å². The summed E-state index contributed by atoms with van der Waals surface area (Å²) < 4.78 is 51.3. The van der Waals surface area contributed by atoms with Crippen molar-refractivity contribution in [3.63, 3.8) is 0 Å². The zero-order valence-corrected chi connectivity index (χ0v) is 24.8. The van der Waals surface area contributed by atoms with E-state index >= 15 is 0 Å². The molecule has 2 aromatic carbocycles. The van der Waals surface area contributed by atoms with Gasteiger partial charge >= 0.3 is 0 Å². The van der Waals surface area contributed by atoms with Gasteiger partial charge in [-0.1, -0.05) is 0 Å². The van der Waals surface area contributed by atoms with E-state index in [0.29, 0.717) is 56.8 Å². The molecule has 2 aliphatic rings. The number of aryl methyl sites for hydroxylation is 1. The first kappa shape index (κ1) is 31.7. The van der Waals surface area contributed by atoms with E-state index in [2.05, 4.69) is 14.8 Å². The van der Waals surface area contributed by atoms with Crippen molar-refractivity contribution >= 4 is 10.9 Å². The molecule has 2 fully saturated rings. The lowest BCUT2D eigenvalue weighted by atomic mass is 9.74. The Morgan fingerprint density at radius 1 is 1.02 bits per heavy atom. The van der Waals surface area contributed by atoms with Crippen molar-refractivity contribution in [2.24, 2.45) is 5.41 Å². The second kappa shape index (κ2) is 14.3. The highest BCUT2D eigenvalue weighted by Crippen LogP contribution is 2.40. The summed E-state index contributed by atoms with van der Waals surface area (Å²) in [5.74, 6) is -3.04. The molecule has 43 heavy (non-hydrogen) atoms. The summed E-state index contributed by atoms with van der Waals surface area (Å²) in [6.07, 6.45) is 5.07. The average Bonchev–Trinajstić information content (AvgIpc) is 3.03. The normalized spacial score (nSPS) is 18.7. The maximum Gasteiger partial charge on any atom is 0.194 e. The van der Waals surface area contributed by atoms with Gasteiger partial charge in [0.1, 0.15) is 5.75 Å². The van der Waals surface area contributed by atoms with Crippen LogP contribution in [0.3, 0.4) is 0 Å². The number of methoxy groups -OCH3 is 1. The largest absolute Gasteiger partial charge is 0.497 e. The number of rotatable bonds is 12. The van der Waals surface area contributed by atoms with Crippen molar-refractivity contribution in [1.29, 1.82) is 0 Å². The lowest BCUT2D eigenvalue weighted by Gasteiger charge is -2.41. The SMILES string of the molecule is COc1ccc2ncc(CN3CCOCC3)c(C(O)CCC3(CO)CCN(CCCc4cc(F)c(F)c(F)c4)CC3)c2c1. The Morgan fingerprint density at radius 2 is 1.74 bits per heavy atom. The average molecular weight is 602 g/mol. The maximum absolute atomic E-state index is 13.5. The molecule has 0 aliphatic carbocycles. The van der Waals surface area contributed by atoms with Crippen LogP contribution in [0.5, 0.6) is 5.75 Å². The first-order chi connectivity index (χ1) is 20.8. The molecular formula is C33H42F3N3O4. The fraction of sp³-hybridized carbons (Fsp3) is 0.545. The van der Waals surface area contributed by atoms with Crippen molar-refractivity contribution in [3.8, 4) is 5.75 Å². The maximum atomic E-state index is 13.5. The van der Waals surface area contributed by atoms with Crippen LogP contribution in [0.15, 0.2) is 36.5 Å². The molecule has 1 atom stereocenters. The molecule has 1 aromatic heterocycles. The van der Waals surface area contributed by atoms with E-state index in [-0.39, 0.29) is 12.0 Å². The topological polar surface area (TPSA) is 78.3 Å². The summed E-state index contributed by atoms with van der Waals surface area (Å²) in [5, 5.41) is 23.0. The predicted octanol–water partition coefficient (Wildman–Crippen LogP) is 5.01. The van der Waals surface area contributed by atoms with Crippen molar-refractivity contribution in [1.82, 2.24) is 14.8 Å². The Kier molecular flexibility index (Phi) is 10.6. The predicted molar refractivity (Wildman–Crippen MR) is 158 cm³/mol. The van der Waals surface area contributed by atoms with Crippen molar-refractivity contribution in [2.75, 3.05) is 59.7 Å². The fourth-order valence-corrected chi connectivity index (χ4v) is 6.46. The number of aliphatic hydroxyl groups excluding tert-OH is 2. The molecule has 0 amide bonds. The summed E-state index contributed by atoms with van der Waals surface area (Å²) in [5.41, 5.74) is 2.82. The lowest BCUT2D eigenvalue weighted by molar-refractivity contribution is 0.0227. The summed E-state index contributed by atoms with van der Waals surface area (Å²) >= 11 is 0. The smallest absolute Gasteiger partial charge is 0.194 e. The molecule has 1 unspecified atom stereocenters. The Balaban J connectivity index is 1.22. The molecule has 2 aliphatic heterocycles. The van der Waals surface area contributed by atoms with Crippen LogP contribution in [-0.4, -0.2) is 84.7 Å². The second-order valence-electron chi connectivity index (χ2n) is 12.0. The standard InChI is InChI=1S/C33H42F3N3O4/c1-42-25-4-5-29-26(19-25)31(24(20-37-29)21-39-13-15-43-16-14-39)30(41)6-7-33(22-40)8-11-38(12-9-33)10-2-3-23-17-27(34)32(36)28(35)18-23/h4-5,17-20,30,40-41H,2-3,6-16,21-22H2,1H3. The van der Waals surface area contributed by atoms with Gasteiger partial charge in [0.25, 0.3) is 0 Å². The highest BCUT2D eigenvalue weighted by atomic mass is 19.2. The Labute approximate surface area is 251 Å². The van der Waals surface area contributed by atoms with Crippen molar-refractivity contribution < 1.29 is 32.9 Å². The highest BCUT2D eigenvalue weighted by Gasteiger charge is 2.35. The summed E-state index contributed by atoms with van der Waals surface area (Å²) in [4.78, 5) is 9.30. The molecule has 7 nitrogen and oxygen atoms in total. The minimum Gasteiger partial charge on any atom is -0.497 e. The zero-order valence-electron chi connectivity index (χ0n) is 24.8. The van der Waals surface area contributed by atoms with Gasteiger partial charge in [0, 0.05) is 37.8 Å². The third kappa shape index (κ3) is 7.67. The number of piperidine rings is 1. The molecule has 0 saturated carbocycles. The van der Waals surface area contributed by atoms with Crippen molar-refractivity contribution in [2.45, 2.75) is 51.2 Å². The quantitative estimate of drug-likeness (QED) is 0.283. The Bertz CT molecular complexity index is 1350. The number of hydrogen-bond donors (Lipinski definition) is 2. The van der Waals surface area contributed by atoms with Crippen LogP contribution in [0.4, 0.5) is 13.2 Å². The van der Waals surface area contributed by atoms with Gasteiger partial charge in [0.05, 0.1) is 31.9 Å². The van der Waals surface area contributed by atoms with E-state index in [0.717, 1.165) is 79.7 Å². The third-order valence-corrected chi connectivity index (χ3v) is 9.21. The summed E-state index contributed by atoms with van der Waals surface area (Å²) in [6.45, 7) is 6.08. The number of likely N-dealkylation sites (tertiary alicyclic amines) is 1. The van der Waals surface area contributed by atoms with E-state index in [1.54, 1.807) is 7.11 Å². The number of ether oxygens (including phenoxy) is 2. The van der Waals surface area contributed by atoms with Crippen LogP contribution in [0.2, 0.25) is 0 Å². The Hall–Kier alpha value is -2.76. The van der Waals surface area contributed by atoms with E-state index in [4.69, 9.17) is 9.47 Å². The number of morpholine rings is 1. The van der Waals surface area contributed by atoms with Gasteiger partial charge in [-0.3, -0.25) is 9.88 Å². The number of nitrogens with zero attached hydrogens (tertiary/aromatic N) is 3. The zero-order chi connectivity index (χ0) is 30.4. The number of aliphatic hydroxyl groups is 2. The van der Waals surface area contributed by atoms with Gasteiger partial charge in [0.15, 0.2) is 17.5 Å². The molecule has 234 valence electrons. The Morgan fingerprint density at radius 3 is 2.42 bits per heavy atom. The van der Waals surface area contributed by atoms with E-state index < -0.39 is 23.6 Å². The lowest BCUT2D eigenvalue weighted by Crippen LogP contribution is -2.42. The molecule has 3 aromatic rings. The fourth-order valence-electron chi connectivity index (χ4n) is 6.46. The molecule has 0 spiro atoms. The van der Waals surface area contributed by atoms with E-state index in [9.17, 15) is 23.4 Å². The molecule has 0 bridgehead atoms. The molecule has 3 heterocycles. The van der Waals surface area contributed by atoms with E-state index in [1.807, 2.05) is 24.4 Å². The van der Waals surface area contributed by atoms with Gasteiger partial charge in [-0.25, -0.2) is 13.2 Å². The van der Waals surface area contributed by atoms with Crippen LogP contribution < -0.4 is 4.74 Å². The van der Waals surface area contributed by atoms with Crippen LogP contribution in [-0.2, 0) is 17.7 Å². The molecule has 2 N–H and O–H groups in total. The van der Waals surface area contributed by atoms with Crippen LogP contribution in [0, 0.1) is 22.9 Å². The van der Waals surface area contributed by atoms with Gasteiger partial charge in [-0.05, 0) is 111 Å². The molecule has 2 saturated heterocycles. The summed E-state index contributed by atoms with van der Waals surface area (Å²) in [7, 11) is 1.63. The minimum absolute atomic E-state index is 0.0489. The molecule has 5 rings (SSSR count). The van der Waals surface area contributed by atoms with Gasteiger partial charge in [-0.2, -0.15) is 0 Å². The van der Waals surface area contributed by atoms with Gasteiger partial charge in [-0.15, -0.1) is 0 Å². The number of pyridine rings is 1. The number of aromatic nitrogens is 1. The van der Waals surface area contributed by atoms with E-state index in [1.165, 1.54) is 0 Å². The number of benzene rings is 2. The van der Waals surface area contributed by atoms with Crippen molar-refractivity contribution in [3.05, 3.63) is 70.7 Å². The number of hydrogen-bond acceptors (Lipinski definition) is 7. The highest BCUT2D eigenvalue weighted by molar-refractivity contribution is 5.85. The minimum atomic E-state index is -1.43. The van der Waals surface area contributed by atoms with Crippen LogP contribution in [0.1, 0.15) is 54.9 Å². The van der Waals surface area contributed by atoms with Gasteiger partial charge in [0.2, 0.25) is 0 Å². The number of halogens is 3. The molecule has 10 heteroatoms. The van der Waals surface area contributed by atoms with Crippen LogP contribution in [0.25, 0.3) is 10.9 Å². The molecule has 0 radical (unpaired) electrons. The first-order valence-electron chi connectivity index (χ1n) is 15.2. The second-order valence-corrected chi connectivity index (χ2v) is 12.0. The third-order valence-electron chi connectivity index (χ3n) is 9.21. The first-order valence-corrected chi connectivity index (χ1v) is 15.2. The number of fused-ring (bicyclic) bond motifs is 1. The molecular weight excluding hydrogens is 559 g/mol. The monoisotopic (exact) mass is 601 g/mol. The van der Waals surface area contributed by atoms with Gasteiger partial charge < -0.3 is 24.6 Å².